The second-order valence-electron chi connectivity index (χ2n) is 17.9. The van der Waals surface area contributed by atoms with Crippen molar-refractivity contribution >= 4 is 93.1 Å². The molecule has 2 heteroatoms. The summed E-state index contributed by atoms with van der Waals surface area (Å²) in [6.45, 7) is 2.16. The standard InChI is InChI=1S/C57H40N2.C10H8/c1-38-22-24-43(25-23-38)57-51-32-29-47(58-46-28-26-39-12-5-7-17-44(39)34-46)36-53(51)56(42-15-3-2-4-16-42)52-33-31-49(37-54(52)57)59(48-30-27-40-13-6-8-18-45(40)35-48)55-21-11-19-41-14-9-10-20-50(41)55;1-2-6-10-8-4-3-7-9(10)5-1/h2-37,58H,1H3;1-8H. The third-order valence-corrected chi connectivity index (χ3v) is 13.5. The lowest BCUT2D eigenvalue weighted by molar-refractivity contribution is 1.31. The van der Waals surface area contributed by atoms with E-state index in [9.17, 15) is 0 Å². The average Bonchev–Trinajstić information content (AvgIpc) is 3.41. The predicted octanol–water partition coefficient (Wildman–Crippen LogP) is 19.1. The van der Waals surface area contributed by atoms with E-state index >= 15 is 0 Å². The van der Waals surface area contributed by atoms with E-state index in [4.69, 9.17) is 0 Å². The van der Waals surface area contributed by atoms with Crippen LogP contribution in [0.3, 0.4) is 0 Å². The minimum absolute atomic E-state index is 1.05. The van der Waals surface area contributed by atoms with E-state index in [2.05, 4.69) is 284 Å². The molecule has 0 saturated heterocycles. The lowest BCUT2D eigenvalue weighted by Gasteiger charge is -2.28. The molecule has 13 aromatic rings. The van der Waals surface area contributed by atoms with Gasteiger partial charge in [-0.2, -0.15) is 0 Å². The quantitative estimate of drug-likeness (QED) is 0.160. The summed E-state index contributed by atoms with van der Waals surface area (Å²) in [7, 11) is 0. The van der Waals surface area contributed by atoms with Crippen LogP contribution in [0.1, 0.15) is 5.56 Å². The van der Waals surface area contributed by atoms with E-state index in [1.807, 2.05) is 0 Å². The van der Waals surface area contributed by atoms with Crippen molar-refractivity contribution in [1.29, 1.82) is 0 Å². The van der Waals surface area contributed by atoms with Gasteiger partial charge in [0, 0.05) is 28.1 Å². The van der Waals surface area contributed by atoms with Gasteiger partial charge in [0.05, 0.1) is 5.69 Å². The molecule has 0 bridgehead atoms. The van der Waals surface area contributed by atoms with Crippen LogP contribution in [-0.2, 0) is 0 Å². The maximum Gasteiger partial charge on any atom is 0.0540 e. The van der Waals surface area contributed by atoms with Gasteiger partial charge in [0.1, 0.15) is 0 Å². The van der Waals surface area contributed by atoms with Crippen molar-refractivity contribution in [1.82, 2.24) is 0 Å². The maximum absolute atomic E-state index is 3.76. The zero-order valence-corrected chi connectivity index (χ0v) is 38.4. The summed E-state index contributed by atoms with van der Waals surface area (Å²) in [5.41, 5.74) is 11.6. The fourth-order valence-corrected chi connectivity index (χ4v) is 10.1. The number of hydrogen-bond donors (Lipinski definition) is 1. The van der Waals surface area contributed by atoms with Crippen molar-refractivity contribution in [3.63, 3.8) is 0 Å². The van der Waals surface area contributed by atoms with Crippen LogP contribution in [0.2, 0.25) is 0 Å². The van der Waals surface area contributed by atoms with Crippen LogP contribution >= 0.6 is 0 Å². The van der Waals surface area contributed by atoms with Gasteiger partial charge in [0.2, 0.25) is 0 Å². The summed E-state index contributed by atoms with van der Waals surface area (Å²) >= 11 is 0. The van der Waals surface area contributed by atoms with E-state index in [1.54, 1.807) is 0 Å². The molecule has 13 rings (SSSR count). The van der Waals surface area contributed by atoms with E-state index in [0.717, 1.165) is 28.4 Å². The molecule has 13 aromatic carbocycles. The number of anilines is 5. The van der Waals surface area contributed by atoms with E-state index < -0.39 is 0 Å². The molecule has 69 heavy (non-hydrogen) atoms. The van der Waals surface area contributed by atoms with Gasteiger partial charge < -0.3 is 10.2 Å². The van der Waals surface area contributed by atoms with Crippen LogP contribution in [0.25, 0.3) is 86.9 Å². The van der Waals surface area contributed by atoms with Gasteiger partial charge in [-0.3, -0.25) is 0 Å². The largest absolute Gasteiger partial charge is 0.355 e. The first-order valence-electron chi connectivity index (χ1n) is 23.7. The summed E-state index contributed by atoms with van der Waals surface area (Å²) in [6.07, 6.45) is 0. The molecule has 0 amide bonds. The molecule has 1 N–H and O–H groups in total. The second-order valence-corrected chi connectivity index (χ2v) is 17.9. The topological polar surface area (TPSA) is 15.3 Å². The van der Waals surface area contributed by atoms with E-state index in [1.165, 1.54) is 92.5 Å². The second kappa shape index (κ2) is 18.0. The number of fused-ring (bicyclic) bond motifs is 6. The first kappa shape index (κ1) is 41.5. The Morgan fingerprint density at radius 2 is 0.725 bits per heavy atom. The highest BCUT2D eigenvalue weighted by atomic mass is 15.1. The molecule has 0 unspecified atom stereocenters. The van der Waals surface area contributed by atoms with Crippen LogP contribution in [0.15, 0.2) is 267 Å². The highest BCUT2D eigenvalue weighted by molar-refractivity contribution is 6.22. The molecule has 0 aromatic heterocycles. The molecular weight excluding hydrogens is 833 g/mol. The molecule has 0 aliphatic carbocycles. The van der Waals surface area contributed by atoms with Gasteiger partial charge in [-0.1, -0.05) is 218 Å². The van der Waals surface area contributed by atoms with Crippen LogP contribution in [0, 0.1) is 6.92 Å². The number of hydrogen-bond acceptors (Lipinski definition) is 2. The Bertz CT molecular complexity index is 3930. The van der Waals surface area contributed by atoms with Crippen molar-refractivity contribution in [2.24, 2.45) is 0 Å². The third-order valence-electron chi connectivity index (χ3n) is 13.5. The molecule has 2 nitrogen and oxygen atoms in total. The first-order chi connectivity index (χ1) is 34.1. The van der Waals surface area contributed by atoms with E-state index in [-0.39, 0.29) is 0 Å². The van der Waals surface area contributed by atoms with Crippen molar-refractivity contribution in [2.75, 3.05) is 10.2 Å². The Kier molecular flexibility index (Phi) is 10.8. The molecule has 0 aliphatic heterocycles. The van der Waals surface area contributed by atoms with Crippen LogP contribution < -0.4 is 10.2 Å². The third kappa shape index (κ3) is 8.09. The summed E-state index contributed by atoms with van der Waals surface area (Å²) in [5.74, 6) is 0. The molecule has 0 aliphatic rings. The Balaban J connectivity index is 0.000000436. The molecule has 0 fully saturated rings. The summed E-state index contributed by atoms with van der Waals surface area (Å²) in [5, 5.41) is 18.5. The molecule has 0 atom stereocenters. The number of aryl methyl sites for hydroxylation is 1. The monoisotopic (exact) mass is 880 g/mol. The predicted molar refractivity (Wildman–Crippen MR) is 298 cm³/mol. The Morgan fingerprint density at radius 3 is 1.39 bits per heavy atom. The average molecular weight is 881 g/mol. The lowest BCUT2D eigenvalue weighted by atomic mass is 9.85. The molecule has 0 saturated carbocycles. The van der Waals surface area contributed by atoms with Crippen molar-refractivity contribution < 1.29 is 0 Å². The van der Waals surface area contributed by atoms with Gasteiger partial charge in [-0.05, 0) is 143 Å². The Morgan fingerprint density at radius 1 is 0.275 bits per heavy atom. The minimum Gasteiger partial charge on any atom is -0.355 e. The molecule has 0 spiro atoms. The van der Waals surface area contributed by atoms with Gasteiger partial charge >= 0.3 is 0 Å². The van der Waals surface area contributed by atoms with Crippen LogP contribution in [0.4, 0.5) is 28.4 Å². The van der Waals surface area contributed by atoms with Crippen molar-refractivity contribution in [2.45, 2.75) is 6.92 Å². The maximum atomic E-state index is 3.76. The first-order valence-corrected chi connectivity index (χ1v) is 23.7. The molecule has 0 heterocycles. The molecule has 0 radical (unpaired) electrons. The Labute approximate surface area is 403 Å². The van der Waals surface area contributed by atoms with Crippen LogP contribution in [-0.4, -0.2) is 0 Å². The number of rotatable bonds is 7. The molecule has 326 valence electrons. The summed E-state index contributed by atoms with van der Waals surface area (Å²) in [6, 6.07) is 96.5. The highest BCUT2D eigenvalue weighted by Gasteiger charge is 2.21. The zero-order valence-electron chi connectivity index (χ0n) is 38.4. The number of benzene rings is 13. The number of nitrogens with zero attached hydrogens (tertiary/aromatic N) is 1. The fraction of sp³-hybridized carbons (Fsp3) is 0.0149. The van der Waals surface area contributed by atoms with Crippen LogP contribution in [0.5, 0.6) is 0 Å². The smallest absolute Gasteiger partial charge is 0.0540 e. The van der Waals surface area contributed by atoms with Crippen molar-refractivity contribution in [3.05, 3.63) is 272 Å². The highest BCUT2D eigenvalue weighted by Crippen LogP contribution is 2.48. The normalized spacial score (nSPS) is 11.3. The van der Waals surface area contributed by atoms with E-state index in [0.29, 0.717) is 0 Å². The zero-order chi connectivity index (χ0) is 46.1. The van der Waals surface area contributed by atoms with Gasteiger partial charge in [0.25, 0.3) is 0 Å². The summed E-state index contributed by atoms with van der Waals surface area (Å²) in [4.78, 5) is 2.44. The summed E-state index contributed by atoms with van der Waals surface area (Å²) < 4.78 is 0. The van der Waals surface area contributed by atoms with Gasteiger partial charge in [0.15, 0.2) is 0 Å². The number of nitrogens with one attached hydrogen (secondary N) is 1. The Hall–Kier alpha value is -8.98. The molecular formula is C67H48N2. The fourth-order valence-electron chi connectivity index (χ4n) is 10.1. The lowest BCUT2D eigenvalue weighted by Crippen LogP contribution is -2.10. The SMILES string of the molecule is Cc1ccc(-c2c3ccc(Nc4ccc5ccccc5c4)cc3c(-c3ccccc3)c3ccc(N(c4ccc5ccccc5c4)c4cccc5ccccc45)cc23)cc1.c1ccc2ccccc2c1. The van der Waals surface area contributed by atoms with Crippen molar-refractivity contribution in [3.8, 4) is 22.3 Å². The van der Waals surface area contributed by atoms with Gasteiger partial charge in [-0.25, -0.2) is 0 Å². The minimum atomic E-state index is 1.05. The van der Waals surface area contributed by atoms with Gasteiger partial charge in [-0.15, -0.1) is 0 Å².